The minimum atomic E-state index is -0.0525. The standard InChI is InChI=1S/C14H32N2O/c1-5-10-15-14(7-3,13-17)9-8-12-16(4)11-6-2/h15,17H,5-13H2,1-4H3. The quantitative estimate of drug-likeness (QED) is 0.585. The van der Waals surface area contributed by atoms with Gasteiger partial charge in [-0.25, -0.2) is 0 Å². The van der Waals surface area contributed by atoms with E-state index in [0.717, 1.165) is 38.8 Å². The van der Waals surface area contributed by atoms with Crippen molar-refractivity contribution in [1.82, 2.24) is 10.2 Å². The average Bonchev–Trinajstić information content (AvgIpc) is 2.34. The van der Waals surface area contributed by atoms with Gasteiger partial charge in [0.05, 0.1) is 6.61 Å². The molecule has 0 saturated carbocycles. The SMILES string of the molecule is CCCNC(CC)(CO)CCCN(C)CCC. The Balaban J connectivity index is 3.98. The van der Waals surface area contributed by atoms with E-state index in [9.17, 15) is 5.11 Å². The summed E-state index contributed by atoms with van der Waals surface area (Å²) in [5.41, 5.74) is -0.0525. The van der Waals surface area contributed by atoms with Gasteiger partial charge in [0.1, 0.15) is 0 Å². The Bertz CT molecular complexity index is 170. The molecule has 3 nitrogen and oxygen atoms in total. The topological polar surface area (TPSA) is 35.5 Å². The molecule has 0 aliphatic rings. The summed E-state index contributed by atoms with van der Waals surface area (Å²) in [5, 5.41) is 13.1. The van der Waals surface area contributed by atoms with Gasteiger partial charge in [-0.3, -0.25) is 0 Å². The van der Waals surface area contributed by atoms with Gasteiger partial charge in [0.2, 0.25) is 0 Å². The van der Waals surface area contributed by atoms with Gasteiger partial charge >= 0.3 is 0 Å². The predicted octanol–water partition coefficient (Wildman–Crippen LogP) is 2.25. The lowest BCUT2D eigenvalue weighted by molar-refractivity contribution is 0.140. The van der Waals surface area contributed by atoms with Gasteiger partial charge in [0.25, 0.3) is 0 Å². The maximum absolute atomic E-state index is 9.60. The second-order valence-electron chi connectivity index (χ2n) is 5.13. The highest BCUT2D eigenvalue weighted by molar-refractivity contribution is 4.86. The van der Waals surface area contributed by atoms with Gasteiger partial charge in [0.15, 0.2) is 0 Å². The zero-order chi connectivity index (χ0) is 13.1. The van der Waals surface area contributed by atoms with Crippen molar-refractivity contribution in [3.8, 4) is 0 Å². The Labute approximate surface area is 108 Å². The van der Waals surface area contributed by atoms with Crippen LogP contribution in [0.4, 0.5) is 0 Å². The van der Waals surface area contributed by atoms with E-state index >= 15 is 0 Å². The summed E-state index contributed by atoms with van der Waals surface area (Å²) >= 11 is 0. The largest absolute Gasteiger partial charge is 0.394 e. The Kier molecular flexibility index (Phi) is 9.79. The molecule has 0 fully saturated rings. The number of aliphatic hydroxyl groups is 1. The van der Waals surface area contributed by atoms with Crippen molar-refractivity contribution < 1.29 is 5.11 Å². The first-order chi connectivity index (χ1) is 8.14. The lowest BCUT2D eigenvalue weighted by Crippen LogP contribution is -2.48. The van der Waals surface area contributed by atoms with E-state index in [2.05, 4.69) is 38.0 Å². The second kappa shape index (κ2) is 9.86. The number of aliphatic hydroxyl groups excluding tert-OH is 1. The van der Waals surface area contributed by atoms with Gasteiger partial charge in [0, 0.05) is 5.54 Å². The normalized spacial score (nSPS) is 15.2. The van der Waals surface area contributed by atoms with Gasteiger partial charge in [-0.2, -0.15) is 0 Å². The van der Waals surface area contributed by atoms with Crippen molar-refractivity contribution in [2.24, 2.45) is 0 Å². The Morgan fingerprint density at radius 2 is 1.82 bits per heavy atom. The van der Waals surface area contributed by atoms with E-state index in [-0.39, 0.29) is 12.1 Å². The summed E-state index contributed by atoms with van der Waals surface area (Å²) in [5.74, 6) is 0. The van der Waals surface area contributed by atoms with Crippen LogP contribution in [-0.4, -0.2) is 48.8 Å². The maximum atomic E-state index is 9.60. The van der Waals surface area contributed by atoms with Crippen LogP contribution in [0.15, 0.2) is 0 Å². The summed E-state index contributed by atoms with van der Waals surface area (Å²) < 4.78 is 0. The van der Waals surface area contributed by atoms with Crippen LogP contribution >= 0.6 is 0 Å². The molecule has 0 aromatic carbocycles. The zero-order valence-corrected chi connectivity index (χ0v) is 12.3. The summed E-state index contributed by atoms with van der Waals surface area (Å²) in [7, 11) is 2.18. The first kappa shape index (κ1) is 16.9. The van der Waals surface area contributed by atoms with E-state index in [1.165, 1.54) is 13.0 Å². The molecule has 1 unspecified atom stereocenters. The average molecular weight is 244 g/mol. The van der Waals surface area contributed by atoms with E-state index in [4.69, 9.17) is 0 Å². The van der Waals surface area contributed by atoms with Crippen LogP contribution in [0.1, 0.15) is 52.9 Å². The molecule has 0 aromatic heterocycles. The van der Waals surface area contributed by atoms with Crippen molar-refractivity contribution in [2.45, 2.75) is 58.4 Å². The molecule has 17 heavy (non-hydrogen) atoms. The summed E-state index contributed by atoms with van der Waals surface area (Å²) in [6, 6.07) is 0. The van der Waals surface area contributed by atoms with Crippen molar-refractivity contribution in [3.63, 3.8) is 0 Å². The molecule has 2 N–H and O–H groups in total. The zero-order valence-electron chi connectivity index (χ0n) is 12.3. The van der Waals surface area contributed by atoms with Crippen molar-refractivity contribution in [1.29, 1.82) is 0 Å². The molecule has 0 saturated heterocycles. The van der Waals surface area contributed by atoms with Crippen molar-refractivity contribution >= 4 is 0 Å². The second-order valence-corrected chi connectivity index (χ2v) is 5.13. The molecular weight excluding hydrogens is 212 g/mol. The van der Waals surface area contributed by atoms with Gasteiger partial charge in [-0.05, 0) is 58.8 Å². The molecule has 0 bridgehead atoms. The number of rotatable bonds is 11. The molecule has 3 heteroatoms. The van der Waals surface area contributed by atoms with Crippen molar-refractivity contribution in [3.05, 3.63) is 0 Å². The molecule has 0 aliphatic carbocycles. The highest BCUT2D eigenvalue weighted by atomic mass is 16.3. The molecule has 0 rings (SSSR count). The van der Waals surface area contributed by atoms with E-state index < -0.39 is 0 Å². The van der Waals surface area contributed by atoms with Crippen LogP contribution in [0.5, 0.6) is 0 Å². The first-order valence-corrected chi connectivity index (χ1v) is 7.18. The maximum Gasteiger partial charge on any atom is 0.0613 e. The molecule has 104 valence electrons. The highest BCUT2D eigenvalue weighted by Gasteiger charge is 2.25. The van der Waals surface area contributed by atoms with Crippen LogP contribution in [0.3, 0.4) is 0 Å². The van der Waals surface area contributed by atoms with Crippen LogP contribution < -0.4 is 5.32 Å². The van der Waals surface area contributed by atoms with E-state index in [1.807, 2.05) is 0 Å². The Morgan fingerprint density at radius 1 is 1.12 bits per heavy atom. The van der Waals surface area contributed by atoms with Crippen molar-refractivity contribution in [2.75, 3.05) is 33.3 Å². The third-order valence-corrected chi connectivity index (χ3v) is 3.53. The number of nitrogens with one attached hydrogen (secondary N) is 1. The Hall–Kier alpha value is -0.120. The molecule has 0 aromatic rings. The number of hydrogen-bond acceptors (Lipinski definition) is 3. The number of hydrogen-bond donors (Lipinski definition) is 2. The fourth-order valence-corrected chi connectivity index (χ4v) is 2.21. The minimum Gasteiger partial charge on any atom is -0.394 e. The molecule has 0 heterocycles. The summed E-state index contributed by atoms with van der Waals surface area (Å²) in [4.78, 5) is 2.37. The van der Waals surface area contributed by atoms with Crippen LogP contribution in [0, 0.1) is 0 Å². The lowest BCUT2D eigenvalue weighted by Gasteiger charge is -2.33. The monoisotopic (exact) mass is 244 g/mol. The van der Waals surface area contributed by atoms with Crippen LogP contribution in [-0.2, 0) is 0 Å². The Morgan fingerprint density at radius 3 is 2.29 bits per heavy atom. The fraction of sp³-hybridized carbons (Fsp3) is 1.00. The van der Waals surface area contributed by atoms with Gasteiger partial charge < -0.3 is 15.3 Å². The molecule has 1 atom stereocenters. The third-order valence-electron chi connectivity index (χ3n) is 3.53. The minimum absolute atomic E-state index is 0.0525. The highest BCUT2D eigenvalue weighted by Crippen LogP contribution is 2.17. The van der Waals surface area contributed by atoms with E-state index in [0.29, 0.717) is 0 Å². The molecule has 0 spiro atoms. The van der Waals surface area contributed by atoms with Crippen LogP contribution in [0.25, 0.3) is 0 Å². The molecule has 0 aliphatic heterocycles. The number of nitrogens with zero attached hydrogens (tertiary/aromatic N) is 1. The van der Waals surface area contributed by atoms with Gasteiger partial charge in [-0.15, -0.1) is 0 Å². The summed E-state index contributed by atoms with van der Waals surface area (Å²) in [6.07, 6.45) is 5.55. The van der Waals surface area contributed by atoms with Crippen LogP contribution in [0.2, 0.25) is 0 Å². The fourth-order valence-electron chi connectivity index (χ4n) is 2.21. The molecule has 0 radical (unpaired) electrons. The third kappa shape index (κ3) is 7.02. The molecular formula is C14H32N2O. The molecule has 0 amide bonds. The smallest absolute Gasteiger partial charge is 0.0613 e. The first-order valence-electron chi connectivity index (χ1n) is 7.18. The summed E-state index contributed by atoms with van der Waals surface area (Å²) in [6.45, 7) is 10.1. The lowest BCUT2D eigenvalue weighted by atomic mass is 9.91. The van der Waals surface area contributed by atoms with E-state index in [1.54, 1.807) is 0 Å². The predicted molar refractivity (Wildman–Crippen MR) is 75.4 cm³/mol. The van der Waals surface area contributed by atoms with Gasteiger partial charge in [-0.1, -0.05) is 20.8 Å².